The second-order valence-electron chi connectivity index (χ2n) is 8.32. The third-order valence-electron chi connectivity index (χ3n) is 5.68. The van der Waals surface area contributed by atoms with Crippen LogP contribution in [0.4, 0.5) is 10.5 Å². The van der Waals surface area contributed by atoms with Gasteiger partial charge in [0.25, 0.3) is 5.91 Å². The third-order valence-corrected chi connectivity index (χ3v) is 5.68. The Balaban J connectivity index is 1.60. The summed E-state index contributed by atoms with van der Waals surface area (Å²) in [6.45, 7) is 10.2. The molecule has 8 nitrogen and oxygen atoms in total. The van der Waals surface area contributed by atoms with Crippen LogP contribution in [0.25, 0.3) is 0 Å². The van der Waals surface area contributed by atoms with Crippen LogP contribution >= 0.6 is 0 Å². The van der Waals surface area contributed by atoms with Gasteiger partial charge in [0.1, 0.15) is 17.0 Å². The number of aromatic amines is 1. The molecule has 3 amide bonds. The lowest BCUT2D eigenvalue weighted by atomic mass is 10.0. The van der Waals surface area contributed by atoms with Gasteiger partial charge in [0.15, 0.2) is 0 Å². The summed E-state index contributed by atoms with van der Waals surface area (Å²) in [5.41, 5.74) is 3.46. The zero-order chi connectivity index (χ0) is 21.6. The molecule has 1 aliphatic heterocycles. The maximum atomic E-state index is 13.2. The molecule has 156 valence electrons. The van der Waals surface area contributed by atoms with Gasteiger partial charge in [0, 0.05) is 6.54 Å². The van der Waals surface area contributed by atoms with Crippen molar-refractivity contribution >= 4 is 17.6 Å². The van der Waals surface area contributed by atoms with Crippen LogP contribution in [0, 0.1) is 20.8 Å². The maximum Gasteiger partial charge on any atom is 0.332 e. The van der Waals surface area contributed by atoms with Crippen molar-refractivity contribution in [3.05, 3.63) is 64.8 Å². The number of imide groups is 1. The summed E-state index contributed by atoms with van der Waals surface area (Å²) in [5, 5.41) is 7.07. The lowest BCUT2D eigenvalue weighted by Gasteiger charge is -2.27. The molecule has 0 aliphatic carbocycles. The van der Waals surface area contributed by atoms with Crippen LogP contribution in [0.15, 0.2) is 41.2 Å². The number of urea groups is 1. The molecule has 3 heterocycles. The monoisotopic (exact) mass is 408 g/mol. The van der Waals surface area contributed by atoms with E-state index in [2.05, 4.69) is 10.3 Å². The predicted octanol–water partition coefficient (Wildman–Crippen LogP) is 3.01. The SMILES string of the molecule is Cc1cccc(CN2C(=O)N(c3c[nH][n+](Cc4c(C)noc4C)c3)C(=O)C2(C)C)c1. The topological polar surface area (TPSA) is 86.3 Å². The van der Waals surface area contributed by atoms with Gasteiger partial charge in [0.05, 0.1) is 17.5 Å². The zero-order valence-corrected chi connectivity index (χ0v) is 17.9. The van der Waals surface area contributed by atoms with Crippen LogP contribution in [0.5, 0.6) is 0 Å². The fourth-order valence-corrected chi connectivity index (χ4v) is 3.82. The second kappa shape index (κ2) is 7.12. The number of H-pyrrole nitrogens is 1. The predicted molar refractivity (Wildman–Crippen MR) is 110 cm³/mol. The summed E-state index contributed by atoms with van der Waals surface area (Å²) in [7, 11) is 0. The van der Waals surface area contributed by atoms with Crippen LogP contribution in [0.3, 0.4) is 0 Å². The van der Waals surface area contributed by atoms with E-state index in [4.69, 9.17) is 4.52 Å². The molecule has 0 spiro atoms. The van der Waals surface area contributed by atoms with Crippen molar-refractivity contribution in [1.29, 1.82) is 0 Å². The van der Waals surface area contributed by atoms with E-state index in [-0.39, 0.29) is 11.9 Å². The molecule has 0 unspecified atom stereocenters. The highest BCUT2D eigenvalue weighted by molar-refractivity contribution is 6.22. The highest BCUT2D eigenvalue weighted by atomic mass is 16.5. The number of rotatable bonds is 5. The minimum absolute atomic E-state index is 0.247. The fraction of sp³-hybridized carbons (Fsp3) is 0.364. The minimum atomic E-state index is -0.940. The molecular weight excluding hydrogens is 382 g/mol. The van der Waals surface area contributed by atoms with Crippen LogP contribution in [0.1, 0.15) is 42.0 Å². The van der Waals surface area contributed by atoms with Crippen molar-refractivity contribution in [3.8, 4) is 0 Å². The van der Waals surface area contributed by atoms with Crippen LogP contribution in [0.2, 0.25) is 0 Å². The van der Waals surface area contributed by atoms with Crippen LogP contribution in [-0.2, 0) is 17.9 Å². The molecule has 3 aromatic rings. The Labute approximate surface area is 175 Å². The van der Waals surface area contributed by atoms with Gasteiger partial charge >= 0.3 is 6.03 Å². The first-order valence-electron chi connectivity index (χ1n) is 9.90. The van der Waals surface area contributed by atoms with Gasteiger partial charge in [-0.05, 0) is 40.2 Å². The first kappa shape index (κ1) is 19.9. The first-order chi connectivity index (χ1) is 14.2. The van der Waals surface area contributed by atoms with Gasteiger partial charge < -0.3 is 9.42 Å². The first-order valence-corrected chi connectivity index (χ1v) is 9.90. The van der Waals surface area contributed by atoms with Gasteiger partial charge in [-0.2, -0.15) is 5.10 Å². The molecule has 1 N–H and O–H groups in total. The molecule has 0 saturated carbocycles. The van der Waals surface area contributed by atoms with Gasteiger partial charge in [-0.15, -0.1) is 4.68 Å². The summed E-state index contributed by atoms with van der Waals surface area (Å²) in [6, 6.07) is 7.65. The maximum absolute atomic E-state index is 13.2. The number of anilines is 1. The summed E-state index contributed by atoms with van der Waals surface area (Å²) in [6.07, 6.45) is 3.42. The van der Waals surface area contributed by atoms with Crippen LogP contribution < -0.4 is 9.58 Å². The average molecular weight is 408 g/mol. The molecule has 0 atom stereocenters. The van der Waals surface area contributed by atoms with E-state index in [1.807, 2.05) is 45.0 Å². The molecule has 0 radical (unpaired) electrons. The largest absolute Gasteiger partial charge is 0.361 e. The molecule has 1 saturated heterocycles. The smallest absolute Gasteiger partial charge is 0.332 e. The number of carbonyl (C=O) groups is 2. The number of benzene rings is 1. The lowest BCUT2D eigenvalue weighted by molar-refractivity contribution is -0.742. The number of aromatic nitrogens is 3. The van der Waals surface area contributed by atoms with Crippen molar-refractivity contribution in [2.75, 3.05) is 4.90 Å². The molecule has 1 fully saturated rings. The highest BCUT2D eigenvalue weighted by Gasteiger charge is 2.52. The van der Waals surface area contributed by atoms with E-state index in [0.717, 1.165) is 28.1 Å². The molecule has 0 bridgehead atoms. The van der Waals surface area contributed by atoms with E-state index in [0.29, 0.717) is 18.8 Å². The summed E-state index contributed by atoms with van der Waals surface area (Å²) in [5.74, 6) is 0.499. The third kappa shape index (κ3) is 3.28. The van der Waals surface area contributed by atoms with Crippen molar-refractivity contribution < 1.29 is 18.8 Å². The fourth-order valence-electron chi connectivity index (χ4n) is 3.82. The molecular formula is C22H26N5O3+. The molecule has 30 heavy (non-hydrogen) atoms. The molecule has 8 heteroatoms. The van der Waals surface area contributed by atoms with Crippen molar-refractivity contribution in [2.24, 2.45) is 0 Å². The zero-order valence-electron chi connectivity index (χ0n) is 17.9. The summed E-state index contributed by atoms with van der Waals surface area (Å²) < 4.78 is 7.02. The summed E-state index contributed by atoms with van der Waals surface area (Å²) >= 11 is 0. The van der Waals surface area contributed by atoms with Gasteiger partial charge in [0.2, 0.25) is 12.7 Å². The number of nitrogens with zero attached hydrogens (tertiary/aromatic N) is 4. The molecule has 1 aromatic carbocycles. The number of amides is 3. The van der Waals surface area contributed by atoms with E-state index < -0.39 is 5.54 Å². The molecule has 4 rings (SSSR count). The lowest BCUT2D eigenvalue weighted by Crippen LogP contribution is -2.43. The number of carbonyl (C=O) groups excluding carboxylic acids is 2. The second-order valence-corrected chi connectivity index (χ2v) is 8.32. The quantitative estimate of drug-likeness (QED) is 0.519. The Hall–Kier alpha value is -3.42. The van der Waals surface area contributed by atoms with Gasteiger partial charge in [-0.1, -0.05) is 35.0 Å². The van der Waals surface area contributed by atoms with Crippen LogP contribution in [-0.4, -0.2) is 32.6 Å². The minimum Gasteiger partial charge on any atom is -0.361 e. The molecule has 2 aromatic heterocycles. The number of nitrogens with one attached hydrogen (secondary N) is 1. The standard InChI is InChI=1S/C22H25N5O3/c1-14-7-6-8-17(9-14)11-26-21(29)27(20(28)22(26,4)5)18-10-23-25(12-18)13-19-15(2)24-30-16(19)3/h6-10,12H,11,13H2,1-5H3/p+1. The number of aryl methyl sites for hydroxylation is 3. The Morgan fingerprint density at radius 1 is 1.20 bits per heavy atom. The number of hydrogen-bond acceptors (Lipinski definition) is 4. The van der Waals surface area contributed by atoms with E-state index in [9.17, 15) is 9.59 Å². The van der Waals surface area contributed by atoms with E-state index in [1.165, 1.54) is 4.90 Å². The van der Waals surface area contributed by atoms with Gasteiger partial charge in [-0.25, -0.2) is 9.69 Å². The van der Waals surface area contributed by atoms with E-state index >= 15 is 0 Å². The van der Waals surface area contributed by atoms with Crippen molar-refractivity contribution in [2.45, 2.75) is 53.2 Å². The average Bonchev–Trinajstić information content (AvgIpc) is 3.31. The summed E-state index contributed by atoms with van der Waals surface area (Å²) in [4.78, 5) is 29.3. The normalized spacial score (nSPS) is 16.0. The van der Waals surface area contributed by atoms with E-state index in [1.54, 1.807) is 35.8 Å². The molecule has 1 aliphatic rings. The van der Waals surface area contributed by atoms with Gasteiger partial charge in [-0.3, -0.25) is 4.79 Å². The van der Waals surface area contributed by atoms with Crippen molar-refractivity contribution in [3.63, 3.8) is 0 Å². The highest BCUT2D eigenvalue weighted by Crippen LogP contribution is 2.32. The Bertz CT molecular complexity index is 1110. The Morgan fingerprint density at radius 3 is 2.63 bits per heavy atom. The number of hydrogen-bond donors (Lipinski definition) is 1. The van der Waals surface area contributed by atoms with Crippen molar-refractivity contribution in [1.82, 2.24) is 15.2 Å². The Morgan fingerprint density at radius 2 is 1.97 bits per heavy atom. The Kier molecular flexibility index (Phi) is 4.72.